The van der Waals surface area contributed by atoms with Crippen LogP contribution in [-0.2, 0) is 9.59 Å². The van der Waals surface area contributed by atoms with Crippen molar-refractivity contribution in [2.75, 3.05) is 0 Å². The summed E-state index contributed by atoms with van der Waals surface area (Å²) in [7, 11) is 0. The number of amides is 2. The van der Waals surface area contributed by atoms with E-state index in [-0.39, 0.29) is 5.92 Å². The highest BCUT2D eigenvalue weighted by Crippen LogP contribution is 2.41. The van der Waals surface area contributed by atoms with E-state index in [1.165, 1.54) is 0 Å². The molecule has 96 valence electrons. The van der Waals surface area contributed by atoms with Crippen LogP contribution in [0.15, 0.2) is 0 Å². The van der Waals surface area contributed by atoms with Gasteiger partial charge in [-0.05, 0) is 24.7 Å². The fraction of sp³-hybridized carbons (Fsp3) is 0.833. The lowest BCUT2D eigenvalue weighted by molar-refractivity contribution is -0.149. The van der Waals surface area contributed by atoms with Gasteiger partial charge in [-0.3, -0.25) is 14.9 Å². The lowest BCUT2D eigenvalue weighted by Crippen LogP contribution is -2.37. The lowest BCUT2D eigenvalue weighted by atomic mass is 9.83. The smallest absolute Gasteiger partial charge is 0.291 e. The molecule has 1 saturated heterocycles. The number of carbonyl (C=O) groups is 2. The minimum atomic E-state index is -3.52. The molecule has 3 nitrogen and oxygen atoms in total. The third-order valence-electron chi connectivity index (χ3n) is 3.99. The molecule has 17 heavy (non-hydrogen) atoms. The molecular weight excluding hydrogens is 228 g/mol. The number of hydrogen-bond donors (Lipinski definition) is 1. The normalized spacial score (nSPS) is 37.7. The molecule has 0 aromatic carbocycles. The van der Waals surface area contributed by atoms with E-state index in [0.29, 0.717) is 18.8 Å². The molecule has 2 rings (SSSR count). The van der Waals surface area contributed by atoms with Crippen molar-refractivity contribution >= 4 is 11.8 Å². The van der Waals surface area contributed by atoms with E-state index < -0.39 is 23.7 Å². The van der Waals surface area contributed by atoms with Gasteiger partial charge in [-0.1, -0.05) is 26.2 Å². The van der Waals surface area contributed by atoms with E-state index in [1.807, 2.05) is 0 Å². The van der Waals surface area contributed by atoms with Crippen LogP contribution in [0.4, 0.5) is 8.78 Å². The summed E-state index contributed by atoms with van der Waals surface area (Å²) in [5.41, 5.74) is 0. The van der Waals surface area contributed by atoms with Crippen LogP contribution in [0.25, 0.3) is 0 Å². The second kappa shape index (κ2) is 4.35. The Morgan fingerprint density at radius 2 is 1.88 bits per heavy atom. The molecule has 1 heterocycles. The average molecular weight is 245 g/mol. The van der Waals surface area contributed by atoms with Gasteiger partial charge in [-0.15, -0.1) is 0 Å². The Morgan fingerprint density at radius 1 is 1.18 bits per heavy atom. The molecule has 1 saturated carbocycles. The second-order valence-electron chi connectivity index (χ2n) is 5.29. The van der Waals surface area contributed by atoms with Gasteiger partial charge < -0.3 is 0 Å². The van der Waals surface area contributed by atoms with Crippen molar-refractivity contribution in [2.45, 2.75) is 45.0 Å². The minimum Gasteiger partial charge on any atom is -0.291 e. The summed E-state index contributed by atoms with van der Waals surface area (Å²) in [4.78, 5) is 22.5. The third kappa shape index (κ3) is 2.19. The molecule has 3 atom stereocenters. The molecular formula is C12H17F2NO2. The van der Waals surface area contributed by atoms with Crippen molar-refractivity contribution in [3.05, 3.63) is 0 Å². The Morgan fingerprint density at radius 3 is 2.47 bits per heavy atom. The summed E-state index contributed by atoms with van der Waals surface area (Å²) in [5.74, 6) is -7.02. The van der Waals surface area contributed by atoms with Gasteiger partial charge in [0.1, 0.15) is 5.92 Å². The largest absolute Gasteiger partial charge is 0.336 e. The molecule has 0 aromatic rings. The van der Waals surface area contributed by atoms with Gasteiger partial charge in [0.05, 0.1) is 0 Å². The molecule has 2 aliphatic rings. The zero-order valence-corrected chi connectivity index (χ0v) is 9.84. The van der Waals surface area contributed by atoms with Crippen molar-refractivity contribution in [3.63, 3.8) is 0 Å². The summed E-state index contributed by atoms with van der Waals surface area (Å²) < 4.78 is 27.3. The zero-order chi connectivity index (χ0) is 12.6. The topological polar surface area (TPSA) is 46.2 Å². The number of hydrogen-bond acceptors (Lipinski definition) is 2. The molecule has 3 unspecified atom stereocenters. The predicted octanol–water partition coefficient (Wildman–Crippen LogP) is 2.11. The maximum Gasteiger partial charge on any atom is 0.336 e. The Kier molecular flexibility index (Phi) is 3.19. The first kappa shape index (κ1) is 12.5. The van der Waals surface area contributed by atoms with Crippen LogP contribution in [0, 0.1) is 17.8 Å². The van der Waals surface area contributed by atoms with Crippen LogP contribution in [-0.4, -0.2) is 17.7 Å². The van der Waals surface area contributed by atoms with Crippen LogP contribution in [0.2, 0.25) is 0 Å². The van der Waals surface area contributed by atoms with Crippen molar-refractivity contribution in [2.24, 2.45) is 17.8 Å². The van der Waals surface area contributed by atoms with E-state index >= 15 is 0 Å². The predicted molar refractivity (Wildman–Crippen MR) is 57.3 cm³/mol. The van der Waals surface area contributed by atoms with E-state index in [4.69, 9.17) is 0 Å². The van der Waals surface area contributed by atoms with E-state index in [2.05, 4.69) is 6.92 Å². The van der Waals surface area contributed by atoms with Crippen LogP contribution in [0.5, 0.6) is 0 Å². The Hall–Kier alpha value is -1.00. The highest BCUT2D eigenvalue weighted by Gasteiger charge is 2.60. The quantitative estimate of drug-likeness (QED) is 0.568. The number of alkyl halides is 2. The summed E-state index contributed by atoms with van der Waals surface area (Å²) in [6.45, 7) is 2.10. The van der Waals surface area contributed by atoms with E-state index in [1.54, 1.807) is 5.32 Å². The van der Waals surface area contributed by atoms with Gasteiger partial charge in [0.25, 0.3) is 5.91 Å². The first-order chi connectivity index (χ1) is 7.93. The zero-order valence-electron chi connectivity index (χ0n) is 9.84. The van der Waals surface area contributed by atoms with Gasteiger partial charge in [-0.25, -0.2) is 0 Å². The fourth-order valence-electron chi connectivity index (χ4n) is 2.94. The Bertz CT molecular complexity index is 343. The van der Waals surface area contributed by atoms with Gasteiger partial charge in [-0.2, -0.15) is 8.78 Å². The molecule has 0 aromatic heterocycles. The van der Waals surface area contributed by atoms with Crippen LogP contribution < -0.4 is 5.32 Å². The van der Waals surface area contributed by atoms with Gasteiger partial charge >= 0.3 is 5.92 Å². The van der Waals surface area contributed by atoms with Crippen molar-refractivity contribution in [1.82, 2.24) is 5.32 Å². The van der Waals surface area contributed by atoms with Crippen molar-refractivity contribution in [1.29, 1.82) is 0 Å². The summed E-state index contributed by atoms with van der Waals surface area (Å²) in [6, 6.07) is 0. The number of carbonyl (C=O) groups excluding carboxylic acids is 2. The standard InChI is InChI=1S/C12H17F2NO2/c1-7-3-2-4-8(6-5-7)9-10(16)15-11(17)12(9,13)14/h7-9H,2-6H2,1H3,(H,15,16,17). The summed E-state index contributed by atoms with van der Waals surface area (Å²) >= 11 is 0. The van der Waals surface area contributed by atoms with Crippen LogP contribution in [0.3, 0.4) is 0 Å². The molecule has 0 spiro atoms. The third-order valence-corrected chi connectivity index (χ3v) is 3.99. The Balaban J connectivity index is 2.15. The monoisotopic (exact) mass is 245 g/mol. The SMILES string of the molecule is CC1CCCC(C2C(=O)NC(=O)C2(F)F)CC1. The van der Waals surface area contributed by atoms with Gasteiger partial charge in [0.2, 0.25) is 5.91 Å². The maximum atomic E-state index is 13.6. The highest BCUT2D eigenvalue weighted by molar-refractivity contribution is 6.08. The highest BCUT2D eigenvalue weighted by atomic mass is 19.3. The first-order valence-corrected chi connectivity index (χ1v) is 6.16. The van der Waals surface area contributed by atoms with E-state index in [9.17, 15) is 18.4 Å². The van der Waals surface area contributed by atoms with Crippen molar-refractivity contribution < 1.29 is 18.4 Å². The van der Waals surface area contributed by atoms with Gasteiger partial charge in [0.15, 0.2) is 0 Å². The number of imide groups is 1. The van der Waals surface area contributed by atoms with Crippen molar-refractivity contribution in [3.8, 4) is 0 Å². The molecule has 5 heteroatoms. The average Bonchev–Trinajstić information content (AvgIpc) is 2.42. The molecule has 0 bridgehead atoms. The van der Waals surface area contributed by atoms with Crippen LogP contribution in [0.1, 0.15) is 39.0 Å². The number of nitrogens with one attached hydrogen (secondary N) is 1. The fourth-order valence-corrected chi connectivity index (χ4v) is 2.94. The number of rotatable bonds is 1. The molecule has 0 radical (unpaired) electrons. The summed E-state index contributed by atoms with van der Waals surface area (Å²) in [6.07, 6.45) is 3.97. The first-order valence-electron chi connectivity index (χ1n) is 6.16. The van der Waals surface area contributed by atoms with Crippen LogP contribution >= 0.6 is 0 Å². The molecule has 1 N–H and O–H groups in total. The second-order valence-corrected chi connectivity index (χ2v) is 5.29. The van der Waals surface area contributed by atoms with Gasteiger partial charge in [0, 0.05) is 0 Å². The summed E-state index contributed by atoms with van der Waals surface area (Å²) in [5, 5.41) is 1.76. The molecule has 1 aliphatic carbocycles. The number of halogens is 2. The molecule has 1 aliphatic heterocycles. The lowest BCUT2D eigenvalue weighted by Gasteiger charge is -2.23. The molecule has 2 fully saturated rings. The minimum absolute atomic E-state index is 0.360. The Labute approximate surface area is 98.9 Å². The van der Waals surface area contributed by atoms with E-state index in [0.717, 1.165) is 19.3 Å². The maximum absolute atomic E-state index is 13.6. The molecule has 2 amide bonds.